The molecule has 5 nitrogen and oxygen atoms in total. The maximum atomic E-state index is 10.7. The molecule has 1 N–H and O–H groups in total. The quantitative estimate of drug-likeness (QED) is 0.785. The molecule has 0 radical (unpaired) electrons. The van der Waals surface area contributed by atoms with Crippen LogP contribution in [-0.4, -0.2) is 49.3 Å². The molecule has 22 heavy (non-hydrogen) atoms. The van der Waals surface area contributed by atoms with Crippen molar-refractivity contribution in [3.63, 3.8) is 0 Å². The van der Waals surface area contributed by atoms with E-state index in [1.165, 1.54) is 25.3 Å². The maximum Gasteiger partial charge on any atom is 0.328 e. The average Bonchev–Trinajstić information content (AvgIpc) is 2.54. The molecule has 1 aliphatic rings. The van der Waals surface area contributed by atoms with E-state index in [-0.39, 0.29) is 0 Å². The van der Waals surface area contributed by atoms with E-state index in [4.69, 9.17) is 14.6 Å². The van der Waals surface area contributed by atoms with Crippen molar-refractivity contribution in [2.75, 3.05) is 33.4 Å². The highest BCUT2D eigenvalue weighted by atomic mass is 16.5. The molecule has 0 saturated carbocycles. The number of carbonyl (C=O) groups is 1. The SMILES string of the molecule is COc1ccc(C=CC(=O)O)c(OCCN2CCCCC2)c1. The first-order valence-corrected chi connectivity index (χ1v) is 7.63. The van der Waals surface area contributed by atoms with Crippen LogP contribution in [-0.2, 0) is 4.79 Å². The fourth-order valence-electron chi connectivity index (χ4n) is 2.53. The van der Waals surface area contributed by atoms with Crippen molar-refractivity contribution < 1.29 is 19.4 Å². The molecule has 1 aliphatic heterocycles. The van der Waals surface area contributed by atoms with E-state index in [1.807, 2.05) is 0 Å². The summed E-state index contributed by atoms with van der Waals surface area (Å²) in [5.74, 6) is 0.365. The molecule has 1 aromatic carbocycles. The van der Waals surface area contributed by atoms with Crippen LogP contribution >= 0.6 is 0 Å². The van der Waals surface area contributed by atoms with Crippen molar-refractivity contribution in [2.24, 2.45) is 0 Å². The topological polar surface area (TPSA) is 59.0 Å². The minimum Gasteiger partial charge on any atom is -0.497 e. The molecule has 0 spiro atoms. The zero-order valence-electron chi connectivity index (χ0n) is 13.0. The summed E-state index contributed by atoms with van der Waals surface area (Å²) < 4.78 is 11.0. The van der Waals surface area contributed by atoms with Gasteiger partial charge in [-0.3, -0.25) is 4.90 Å². The maximum absolute atomic E-state index is 10.7. The summed E-state index contributed by atoms with van der Waals surface area (Å²) in [5, 5.41) is 8.75. The summed E-state index contributed by atoms with van der Waals surface area (Å²) in [6.07, 6.45) is 6.48. The normalized spacial score (nSPS) is 15.9. The summed E-state index contributed by atoms with van der Waals surface area (Å²) >= 11 is 0. The number of carboxylic acids is 1. The van der Waals surface area contributed by atoms with Crippen molar-refractivity contribution in [3.05, 3.63) is 29.8 Å². The van der Waals surface area contributed by atoms with Crippen molar-refractivity contribution >= 4 is 12.0 Å². The van der Waals surface area contributed by atoms with Gasteiger partial charge >= 0.3 is 5.97 Å². The number of nitrogens with zero attached hydrogens (tertiary/aromatic N) is 1. The highest BCUT2D eigenvalue weighted by Gasteiger charge is 2.10. The third-order valence-corrected chi connectivity index (χ3v) is 3.74. The molecule has 0 amide bonds. The van der Waals surface area contributed by atoms with Gasteiger partial charge in [0.05, 0.1) is 7.11 Å². The number of ether oxygens (including phenoxy) is 2. The number of hydrogen-bond donors (Lipinski definition) is 1. The van der Waals surface area contributed by atoms with Gasteiger partial charge < -0.3 is 14.6 Å². The lowest BCUT2D eigenvalue weighted by molar-refractivity contribution is -0.131. The molecule has 0 bridgehead atoms. The van der Waals surface area contributed by atoms with Crippen LogP contribution in [0.15, 0.2) is 24.3 Å². The highest BCUT2D eigenvalue weighted by molar-refractivity contribution is 5.86. The Morgan fingerprint density at radius 2 is 2.09 bits per heavy atom. The summed E-state index contributed by atoms with van der Waals surface area (Å²) in [6.45, 7) is 3.74. The lowest BCUT2D eigenvalue weighted by Crippen LogP contribution is -2.33. The minimum absolute atomic E-state index is 0.584. The second kappa shape index (κ2) is 8.44. The number of piperidine rings is 1. The van der Waals surface area contributed by atoms with Gasteiger partial charge in [-0.25, -0.2) is 4.79 Å². The number of methoxy groups -OCH3 is 1. The van der Waals surface area contributed by atoms with Crippen LogP contribution < -0.4 is 9.47 Å². The number of likely N-dealkylation sites (tertiary alicyclic amines) is 1. The predicted octanol–water partition coefficient (Wildman–Crippen LogP) is 2.66. The molecule has 1 saturated heterocycles. The molecular weight excluding hydrogens is 282 g/mol. The lowest BCUT2D eigenvalue weighted by atomic mass is 10.1. The van der Waals surface area contributed by atoms with Crippen molar-refractivity contribution in [2.45, 2.75) is 19.3 Å². The molecule has 1 heterocycles. The number of rotatable bonds is 7. The van der Waals surface area contributed by atoms with Crippen LogP contribution in [0.4, 0.5) is 0 Å². The van der Waals surface area contributed by atoms with Gasteiger partial charge in [0.25, 0.3) is 0 Å². The van der Waals surface area contributed by atoms with E-state index in [0.717, 1.165) is 31.3 Å². The Kier molecular flexibility index (Phi) is 6.27. The van der Waals surface area contributed by atoms with E-state index >= 15 is 0 Å². The Labute approximate surface area is 131 Å². The molecule has 1 aromatic rings. The first-order valence-electron chi connectivity index (χ1n) is 7.63. The molecule has 120 valence electrons. The molecule has 0 unspecified atom stereocenters. The largest absolute Gasteiger partial charge is 0.497 e. The van der Waals surface area contributed by atoms with Gasteiger partial charge in [0.1, 0.15) is 18.1 Å². The van der Waals surface area contributed by atoms with Gasteiger partial charge in [0, 0.05) is 24.3 Å². The van der Waals surface area contributed by atoms with Crippen molar-refractivity contribution in [1.82, 2.24) is 4.90 Å². The average molecular weight is 305 g/mol. The van der Waals surface area contributed by atoms with Crippen LogP contribution in [0.5, 0.6) is 11.5 Å². The van der Waals surface area contributed by atoms with Gasteiger partial charge in [-0.05, 0) is 44.1 Å². The lowest BCUT2D eigenvalue weighted by Gasteiger charge is -2.26. The van der Waals surface area contributed by atoms with Gasteiger partial charge in [-0.1, -0.05) is 6.42 Å². The Balaban J connectivity index is 1.98. The number of benzene rings is 1. The Hall–Kier alpha value is -2.01. The van der Waals surface area contributed by atoms with Crippen molar-refractivity contribution in [3.8, 4) is 11.5 Å². The Morgan fingerprint density at radius 3 is 2.77 bits per heavy atom. The van der Waals surface area contributed by atoms with Gasteiger partial charge in [-0.2, -0.15) is 0 Å². The summed E-state index contributed by atoms with van der Waals surface area (Å²) in [4.78, 5) is 13.1. The van der Waals surface area contributed by atoms with Crippen LogP contribution in [0.3, 0.4) is 0 Å². The third kappa shape index (κ3) is 5.07. The van der Waals surface area contributed by atoms with Gasteiger partial charge in [0.2, 0.25) is 0 Å². The fraction of sp³-hybridized carbons (Fsp3) is 0.471. The van der Waals surface area contributed by atoms with Gasteiger partial charge in [-0.15, -0.1) is 0 Å². The summed E-state index contributed by atoms with van der Waals surface area (Å²) in [6, 6.07) is 5.38. The first kappa shape index (κ1) is 16.4. The molecule has 1 fully saturated rings. The van der Waals surface area contributed by atoms with E-state index in [2.05, 4.69) is 4.90 Å². The zero-order chi connectivity index (χ0) is 15.8. The summed E-state index contributed by atoms with van der Waals surface area (Å²) in [5.41, 5.74) is 0.738. The summed E-state index contributed by atoms with van der Waals surface area (Å²) in [7, 11) is 1.60. The van der Waals surface area contributed by atoms with Crippen LogP contribution in [0, 0.1) is 0 Å². The first-order chi connectivity index (χ1) is 10.7. The van der Waals surface area contributed by atoms with E-state index in [9.17, 15) is 4.79 Å². The van der Waals surface area contributed by atoms with E-state index in [1.54, 1.807) is 25.3 Å². The Morgan fingerprint density at radius 1 is 1.32 bits per heavy atom. The van der Waals surface area contributed by atoms with E-state index in [0.29, 0.717) is 18.1 Å². The molecule has 0 aromatic heterocycles. The number of aliphatic carboxylic acids is 1. The minimum atomic E-state index is -0.977. The molecule has 2 rings (SSSR count). The van der Waals surface area contributed by atoms with Crippen LogP contribution in [0.2, 0.25) is 0 Å². The molecular formula is C17H23NO4. The van der Waals surface area contributed by atoms with Crippen LogP contribution in [0.1, 0.15) is 24.8 Å². The Bertz CT molecular complexity index is 521. The van der Waals surface area contributed by atoms with Gasteiger partial charge in [0.15, 0.2) is 0 Å². The molecule has 0 atom stereocenters. The zero-order valence-corrected chi connectivity index (χ0v) is 13.0. The smallest absolute Gasteiger partial charge is 0.328 e. The standard InChI is InChI=1S/C17H23NO4/c1-21-15-7-5-14(6-8-17(19)20)16(13-15)22-12-11-18-9-3-2-4-10-18/h5-8,13H,2-4,9-12H2,1H3,(H,19,20). The monoisotopic (exact) mass is 305 g/mol. The second-order valence-electron chi connectivity index (χ2n) is 5.33. The second-order valence-corrected chi connectivity index (χ2v) is 5.33. The number of hydrogen-bond acceptors (Lipinski definition) is 4. The number of carboxylic acid groups (broad SMARTS) is 1. The van der Waals surface area contributed by atoms with Crippen molar-refractivity contribution in [1.29, 1.82) is 0 Å². The fourth-order valence-corrected chi connectivity index (χ4v) is 2.53. The predicted molar refractivity (Wildman–Crippen MR) is 85.4 cm³/mol. The third-order valence-electron chi connectivity index (χ3n) is 3.74. The van der Waals surface area contributed by atoms with Crippen LogP contribution in [0.25, 0.3) is 6.08 Å². The van der Waals surface area contributed by atoms with E-state index < -0.39 is 5.97 Å². The molecule has 5 heteroatoms. The highest BCUT2D eigenvalue weighted by Crippen LogP contribution is 2.26. The molecule has 0 aliphatic carbocycles.